The molecule has 3 aliphatic rings. The number of ether oxygens (including phenoxy) is 1. The topological polar surface area (TPSA) is 53.0 Å². The first-order valence-electron chi connectivity index (χ1n) is 15.7. The molecule has 1 heterocycles. The number of aliphatic hydroxyl groups excluding tert-OH is 2. The smallest absolute Gasteiger partial charge is 0.121 e. The number of allylic oxidation sites excluding steroid dienone is 16. The van der Waals surface area contributed by atoms with Gasteiger partial charge in [0.25, 0.3) is 0 Å². The summed E-state index contributed by atoms with van der Waals surface area (Å²) in [5.41, 5.74) is 6.13. The number of hydrogen-bond donors (Lipinski definition) is 2. The molecule has 1 saturated carbocycles. The fraction of sp³-hybridized carbons (Fsp3) is 0.500. The first kappa shape index (κ1) is 34.6. The predicted octanol–water partition coefficient (Wildman–Crippen LogP) is 9.21. The molecule has 0 aromatic carbocycles. The first-order chi connectivity index (χ1) is 20.0. The monoisotopic (exact) mass is 582 g/mol. The highest BCUT2D eigenvalue weighted by atomic mass is 16.6. The fourth-order valence-electron chi connectivity index (χ4n) is 6.88. The molecular weight excluding hydrogens is 528 g/mol. The molecule has 4 atom stereocenters. The van der Waals surface area contributed by atoms with Gasteiger partial charge >= 0.3 is 0 Å². The summed E-state index contributed by atoms with van der Waals surface area (Å²) >= 11 is 0. The molecule has 0 aromatic rings. The molecule has 0 amide bonds. The second-order valence-corrected chi connectivity index (χ2v) is 14.4. The van der Waals surface area contributed by atoms with Crippen LogP contribution in [0.15, 0.2) is 106 Å². The second kappa shape index (κ2) is 13.8. The molecule has 2 fully saturated rings. The van der Waals surface area contributed by atoms with Crippen LogP contribution in [0.4, 0.5) is 0 Å². The molecule has 2 N–H and O–H groups in total. The molecule has 232 valence electrons. The average Bonchev–Trinajstić information content (AvgIpc) is 3.49. The quantitative estimate of drug-likeness (QED) is 0.170. The summed E-state index contributed by atoms with van der Waals surface area (Å²) in [7, 11) is 0. The maximum atomic E-state index is 10.2. The second-order valence-electron chi connectivity index (χ2n) is 14.4. The fourth-order valence-corrected chi connectivity index (χ4v) is 6.88. The lowest BCUT2D eigenvalue weighted by Gasteiger charge is -2.39. The van der Waals surface area contributed by atoms with Crippen LogP contribution < -0.4 is 0 Å². The lowest BCUT2D eigenvalue weighted by atomic mass is 9.63. The van der Waals surface area contributed by atoms with Crippen LogP contribution in [0.3, 0.4) is 0 Å². The minimum Gasteiger partial charge on any atom is -0.393 e. The van der Waals surface area contributed by atoms with Crippen molar-refractivity contribution in [2.24, 2.45) is 10.8 Å². The molecule has 3 rings (SSSR count). The van der Waals surface area contributed by atoms with Crippen LogP contribution in [0.1, 0.15) is 94.9 Å². The van der Waals surface area contributed by atoms with Crippen molar-refractivity contribution in [1.29, 1.82) is 0 Å². The molecular formula is C40H54O3. The van der Waals surface area contributed by atoms with E-state index in [0.29, 0.717) is 6.42 Å². The lowest BCUT2D eigenvalue weighted by Crippen LogP contribution is -2.46. The maximum Gasteiger partial charge on any atom is 0.121 e. The third-order valence-electron chi connectivity index (χ3n) is 9.12. The van der Waals surface area contributed by atoms with Crippen LogP contribution in [-0.4, -0.2) is 33.6 Å². The first-order valence-corrected chi connectivity index (χ1v) is 15.7. The van der Waals surface area contributed by atoms with Crippen molar-refractivity contribution in [2.45, 2.75) is 118 Å². The van der Waals surface area contributed by atoms with E-state index in [2.05, 4.69) is 135 Å². The summed E-state index contributed by atoms with van der Waals surface area (Å²) < 4.78 is 6.24. The van der Waals surface area contributed by atoms with Gasteiger partial charge in [0.05, 0.1) is 12.2 Å². The third-order valence-corrected chi connectivity index (χ3v) is 9.12. The SMILES string of the molecule is CC1=C(C#C/C(C)=C/C=C/C(C)=C\C=C\C=C(C)\C=C\C=C(C)\C=C\[C@]23O[C@@]2(C)C[C@@H](O)CC3(C)C)C(C)(C)C[C@H](O)C1. The van der Waals surface area contributed by atoms with Gasteiger partial charge in [-0.15, -0.1) is 0 Å². The molecule has 3 heteroatoms. The van der Waals surface area contributed by atoms with E-state index in [1.165, 1.54) is 22.3 Å². The summed E-state index contributed by atoms with van der Waals surface area (Å²) in [6.45, 7) is 21.2. The Morgan fingerprint density at radius 2 is 1.30 bits per heavy atom. The molecule has 0 aromatic heterocycles. The largest absolute Gasteiger partial charge is 0.393 e. The van der Waals surface area contributed by atoms with Crippen molar-refractivity contribution in [3.63, 3.8) is 0 Å². The molecule has 0 spiro atoms. The zero-order valence-corrected chi connectivity index (χ0v) is 28.2. The Balaban J connectivity index is 1.51. The number of rotatable bonds is 8. The van der Waals surface area contributed by atoms with Gasteiger partial charge in [-0.2, -0.15) is 0 Å². The summed E-state index contributed by atoms with van der Waals surface area (Å²) in [4.78, 5) is 0. The Bertz CT molecular complexity index is 1390. The molecule has 0 bridgehead atoms. The Kier molecular flexibility index (Phi) is 11.1. The molecule has 1 aliphatic heterocycles. The average molecular weight is 583 g/mol. The highest BCUT2D eigenvalue weighted by molar-refractivity contribution is 5.45. The van der Waals surface area contributed by atoms with E-state index in [4.69, 9.17) is 4.74 Å². The molecule has 0 unspecified atom stereocenters. The van der Waals surface area contributed by atoms with Gasteiger partial charge in [0.2, 0.25) is 0 Å². The van der Waals surface area contributed by atoms with Gasteiger partial charge in [-0.1, -0.05) is 129 Å². The van der Waals surface area contributed by atoms with Crippen LogP contribution in [-0.2, 0) is 4.74 Å². The number of aliphatic hydroxyl groups is 2. The van der Waals surface area contributed by atoms with E-state index < -0.39 is 0 Å². The van der Waals surface area contributed by atoms with E-state index in [-0.39, 0.29) is 34.2 Å². The highest BCUT2D eigenvalue weighted by Gasteiger charge is 2.74. The lowest BCUT2D eigenvalue weighted by molar-refractivity contribution is 0.0515. The summed E-state index contributed by atoms with van der Waals surface area (Å²) in [5.74, 6) is 6.68. The number of fused-ring (bicyclic) bond motifs is 1. The van der Waals surface area contributed by atoms with Crippen LogP contribution in [0.5, 0.6) is 0 Å². The van der Waals surface area contributed by atoms with Crippen molar-refractivity contribution in [1.82, 2.24) is 0 Å². The summed E-state index contributed by atoms with van der Waals surface area (Å²) in [5, 5.41) is 20.3. The predicted molar refractivity (Wildman–Crippen MR) is 182 cm³/mol. The van der Waals surface area contributed by atoms with Crippen LogP contribution >= 0.6 is 0 Å². The maximum absolute atomic E-state index is 10.2. The normalized spacial score (nSPS) is 31.7. The van der Waals surface area contributed by atoms with Crippen molar-refractivity contribution in [2.75, 3.05) is 0 Å². The zero-order chi connectivity index (χ0) is 32.1. The van der Waals surface area contributed by atoms with Gasteiger partial charge in [0, 0.05) is 22.8 Å². The minimum absolute atomic E-state index is 0.0842. The van der Waals surface area contributed by atoms with Gasteiger partial charge in [-0.3, -0.25) is 0 Å². The van der Waals surface area contributed by atoms with Gasteiger partial charge in [0.15, 0.2) is 0 Å². The van der Waals surface area contributed by atoms with Gasteiger partial charge in [-0.25, -0.2) is 0 Å². The molecule has 2 aliphatic carbocycles. The van der Waals surface area contributed by atoms with E-state index in [0.717, 1.165) is 30.4 Å². The summed E-state index contributed by atoms with van der Waals surface area (Å²) in [6, 6.07) is 0. The molecule has 3 nitrogen and oxygen atoms in total. The zero-order valence-electron chi connectivity index (χ0n) is 28.2. The molecule has 43 heavy (non-hydrogen) atoms. The van der Waals surface area contributed by atoms with E-state index in [1.54, 1.807) is 0 Å². The Labute approximate surface area is 261 Å². The van der Waals surface area contributed by atoms with Gasteiger partial charge in [-0.05, 0) is 72.5 Å². The van der Waals surface area contributed by atoms with Crippen molar-refractivity contribution >= 4 is 0 Å². The van der Waals surface area contributed by atoms with E-state index >= 15 is 0 Å². The Hall–Kier alpha value is -2.90. The minimum atomic E-state index is -0.294. The molecule has 0 radical (unpaired) electrons. The van der Waals surface area contributed by atoms with E-state index in [9.17, 15) is 10.2 Å². The van der Waals surface area contributed by atoms with Crippen molar-refractivity contribution < 1.29 is 14.9 Å². The molecule has 1 saturated heterocycles. The number of hydrogen-bond acceptors (Lipinski definition) is 3. The summed E-state index contributed by atoms with van der Waals surface area (Å²) in [6.07, 6.45) is 27.5. The Morgan fingerprint density at radius 3 is 1.88 bits per heavy atom. The van der Waals surface area contributed by atoms with Crippen LogP contribution in [0.2, 0.25) is 0 Å². The van der Waals surface area contributed by atoms with Crippen LogP contribution in [0.25, 0.3) is 0 Å². The standard InChI is InChI=1S/C40H54O3/c1-29(17-13-19-31(3)21-22-36-33(5)25-34(41)26-37(36,6)7)15-11-12-16-30(2)18-14-20-32(4)23-24-40-38(8,9)27-35(42)28-39(40,10)43-40/h11-20,23-24,34-35,41-42H,25-28H2,1-10H3/b12-11+,17-13+,18-14+,24-23+,29-15-,30-16+,31-19+,32-20+/t34-,35+,39+,40-/m1/s1. The van der Waals surface area contributed by atoms with Crippen molar-refractivity contribution in [3.8, 4) is 11.8 Å². The third kappa shape index (κ3) is 8.82. The van der Waals surface area contributed by atoms with Gasteiger partial charge in [0.1, 0.15) is 11.2 Å². The number of epoxide rings is 1. The van der Waals surface area contributed by atoms with E-state index in [1.807, 2.05) is 19.1 Å². The van der Waals surface area contributed by atoms with Crippen molar-refractivity contribution in [3.05, 3.63) is 106 Å². The van der Waals surface area contributed by atoms with Gasteiger partial charge < -0.3 is 14.9 Å². The van der Waals surface area contributed by atoms with Crippen LogP contribution in [0, 0.1) is 22.7 Å². The Morgan fingerprint density at radius 1 is 0.744 bits per heavy atom. The highest BCUT2D eigenvalue weighted by Crippen LogP contribution is 2.66.